The molecule has 0 aromatic heterocycles. The summed E-state index contributed by atoms with van der Waals surface area (Å²) in [6.45, 7) is 0. The van der Waals surface area contributed by atoms with Crippen molar-refractivity contribution >= 4 is 5.78 Å². The van der Waals surface area contributed by atoms with Gasteiger partial charge < -0.3 is 9.47 Å². The first kappa shape index (κ1) is 14.4. The van der Waals surface area contributed by atoms with Gasteiger partial charge in [-0.15, -0.1) is 0 Å². The van der Waals surface area contributed by atoms with Crippen LogP contribution in [0.1, 0.15) is 36.2 Å². The maximum Gasteiger partial charge on any atom is 0.190 e. The van der Waals surface area contributed by atoms with Crippen LogP contribution in [0.15, 0.2) is 72.8 Å². The third kappa shape index (κ3) is 2.74. The third-order valence-electron chi connectivity index (χ3n) is 4.43. The normalized spacial score (nSPS) is 25.8. The van der Waals surface area contributed by atoms with E-state index in [1.54, 1.807) is 12.2 Å². The van der Waals surface area contributed by atoms with Gasteiger partial charge in [-0.2, -0.15) is 0 Å². The molecule has 1 heterocycles. The molecule has 2 aromatic rings. The van der Waals surface area contributed by atoms with Crippen LogP contribution in [0.2, 0.25) is 0 Å². The molecule has 3 nitrogen and oxygen atoms in total. The summed E-state index contributed by atoms with van der Waals surface area (Å²) in [5.74, 6) is -0.670. The molecule has 2 aliphatic rings. The van der Waals surface area contributed by atoms with Gasteiger partial charge in [0.2, 0.25) is 0 Å². The quantitative estimate of drug-likeness (QED) is 0.837. The summed E-state index contributed by atoms with van der Waals surface area (Å²) in [5.41, 5.74) is 2.17. The molecule has 1 fully saturated rings. The molecule has 0 bridgehead atoms. The summed E-state index contributed by atoms with van der Waals surface area (Å²) >= 11 is 0. The summed E-state index contributed by atoms with van der Waals surface area (Å²) in [6, 6.07) is 20.2. The molecule has 1 aliphatic carbocycles. The fourth-order valence-electron chi connectivity index (χ4n) is 3.23. The zero-order valence-corrected chi connectivity index (χ0v) is 12.7. The molecule has 2 atom stereocenters. The van der Waals surface area contributed by atoms with Crippen LogP contribution in [0.3, 0.4) is 0 Å². The predicted octanol–water partition coefficient (Wildman–Crippen LogP) is 4.13. The minimum Gasteiger partial charge on any atom is -0.335 e. The molecule has 0 unspecified atom stereocenters. The van der Waals surface area contributed by atoms with Crippen LogP contribution in [0.25, 0.3) is 0 Å². The second kappa shape index (κ2) is 5.76. The van der Waals surface area contributed by atoms with E-state index in [0.717, 1.165) is 11.1 Å². The first-order valence-electron chi connectivity index (χ1n) is 7.93. The summed E-state index contributed by atoms with van der Waals surface area (Å²) in [5, 5.41) is 0. The second-order valence-electron chi connectivity index (χ2n) is 6.01. The van der Waals surface area contributed by atoms with E-state index in [1.807, 2.05) is 36.4 Å². The van der Waals surface area contributed by atoms with Gasteiger partial charge in [0.25, 0.3) is 0 Å². The van der Waals surface area contributed by atoms with E-state index in [9.17, 15) is 4.79 Å². The minimum atomic E-state index is -0.797. The van der Waals surface area contributed by atoms with E-state index in [1.165, 1.54) is 0 Å². The number of rotatable bonds is 2. The van der Waals surface area contributed by atoms with Crippen molar-refractivity contribution in [2.75, 3.05) is 0 Å². The number of ether oxygens (including phenoxy) is 2. The van der Waals surface area contributed by atoms with Gasteiger partial charge in [0, 0.05) is 12.8 Å². The number of ketones is 1. The first-order valence-corrected chi connectivity index (χ1v) is 7.93. The topological polar surface area (TPSA) is 35.5 Å². The maximum atomic E-state index is 11.5. The van der Waals surface area contributed by atoms with E-state index in [-0.39, 0.29) is 18.0 Å². The summed E-state index contributed by atoms with van der Waals surface area (Å²) in [6.07, 6.45) is 4.01. The van der Waals surface area contributed by atoms with Crippen molar-refractivity contribution in [1.82, 2.24) is 0 Å². The standard InChI is InChI=1S/C20H18O3/c21-17-11-13-20(14-12-17)22-18(15-7-3-1-4-8-15)19(23-20)16-9-5-2-6-10-16/h1-11,13,18-19H,12,14H2/t18-,19-/m1/s1. The first-order chi connectivity index (χ1) is 11.3. The molecule has 4 rings (SSSR count). The van der Waals surface area contributed by atoms with Gasteiger partial charge in [-0.1, -0.05) is 60.7 Å². The lowest BCUT2D eigenvalue weighted by Crippen LogP contribution is -2.31. The van der Waals surface area contributed by atoms with Crippen molar-refractivity contribution in [2.24, 2.45) is 0 Å². The van der Waals surface area contributed by atoms with Crippen molar-refractivity contribution in [3.8, 4) is 0 Å². The number of carbonyl (C=O) groups is 1. The number of hydrogen-bond donors (Lipinski definition) is 0. The molecule has 116 valence electrons. The molecule has 23 heavy (non-hydrogen) atoms. The van der Waals surface area contributed by atoms with Gasteiger partial charge >= 0.3 is 0 Å². The zero-order chi connectivity index (χ0) is 15.7. The summed E-state index contributed by atoms with van der Waals surface area (Å²) in [7, 11) is 0. The van der Waals surface area contributed by atoms with Gasteiger partial charge in [-0.25, -0.2) is 0 Å². The van der Waals surface area contributed by atoms with Crippen LogP contribution in [0.4, 0.5) is 0 Å². The Bertz CT molecular complexity index is 674. The number of benzene rings is 2. The Morgan fingerprint density at radius 3 is 1.78 bits per heavy atom. The summed E-state index contributed by atoms with van der Waals surface area (Å²) < 4.78 is 12.7. The lowest BCUT2D eigenvalue weighted by molar-refractivity contribution is -0.151. The third-order valence-corrected chi connectivity index (χ3v) is 4.43. The average molecular weight is 306 g/mol. The van der Waals surface area contributed by atoms with Crippen molar-refractivity contribution < 1.29 is 14.3 Å². The van der Waals surface area contributed by atoms with Crippen molar-refractivity contribution in [3.05, 3.63) is 83.9 Å². The number of carbonyl (C=O) groups excluding carboxylic acids is 1. The molecular formula is C20H18O3. The fourth-order valence-corrected chi connectivity index (χ4v) is 3.23. The molecule has 1 saturated heterocycles. The van der Waals surface area contributed by atoms with Gasteiger partial charge in [-0.05, 0) is 23.3 Å². The highest BCUT2D eigenvalue weighted by atomic mass is 16.8. The van der Waals surface area contributed by atoms with Gasteiger partial charge in [0.05, 0.1) is 0 Å². The molecule has 0 amide bonds. The lowest BCUT2D eigenvalue weighted by Gasteiger charge is -2.26. The van der Waals surface area contributed by atoms with Crippen LogP contribution in [0, 0.1) is 0 Å². The van der Waals surface area contributed by atoms with E-state index < -0.39 is 5.79 Å². The fraction of sp³-hybridized carbons (Fsp3) is 0.250. The number of hydrogen-bond acceptors (Lipinski definition) is 3. The lowest BCUT2D eigenvalue weighted by atomic mass is 9.99. The van der Waals surface area contributed by atoms with E-state index in [0.29, 0.717) is 12.8 Å². The molecule has 0 saturated carbocycles. The van der Waals surface area contributed by atoms with Gasteiger partial charge in [0.1, 0.15) is 12.2 Å². The smallest absolute Gasteiger partial charge is 0.190 e. The highest BCUT2D eigenvalue weighted by Gasteiger charge is 2.48. The minimum absolute atomic E-state index is 0.127. The Morgan fingerprint density at radius 2 is 1.35 bits per heavy atom. The highest BCUT2D eigenvalue weighted by molar-refractivity contribution is 5.90. The van der Waals surface area contributed by atoms with E-state index >= 15 is 0 Å². The van der Waals surface area contributed by atoms with Crippen molar-refractivity contribution in [3.63, 3.8) is 0 Å². The van der Waals surface area contributed by atoms with Crippen LogP contribution in [-0.4, -0.2) is 11.6 Å². The maximum absolute atomic E-state index is 11.5. The van der Waals surface area contributed by atoms with Crippen molar-refractivity contribution in [2.45, 2.75) is 30.8 Å². The van der Waals surface area contributed by atoms with Crippen LogP contribution in [0.5, 0.6) is 0 Å². The van der Waals surface area contributed by atoms with Crippen LogP contribution < -0.4 is 0 Å². The Balaban J connectivity index is 1.73. The molecule has 0 N–H and O–H groups in total. The molecule has 3 heteroatoms. The Labute approximate surface area is 135 Å². The SMILES string of the molecule is O=C1C=CC2(CC1)O[C@H](c1ccccc1)[C@@H](c1ccccc1)O2. The Kier molecular flexibility index (Phi) is 3.60. The van der Waals surface area contributed by atoms with Crippen molar-refractivity contribution in [1.29, 1.82) is 0 Å². The van der Waals surface area contributed by atoms with Crippen LogP contribution in [-0.2, 0) is 14.3 Å². The monoisotopic (exact) mass is 306 g/mol. The largest absolute Gasteiger partial charge is 0.335 e. The van der Waals surface area contributed by atoms with E-state index in [2.05, 4.69) is 24.3 Å². The summed E-state index contributed by atoms with van der Waals surface area (Å²) in [4.78, 5) is 11.5. The Hall–Kier alpha value is -2.23. The zero-order valence-electron chi connectivity index (χ0n) is 12.7. The molecule has 1 aliphatic heterocycles. The number of allylic oxidation sites excluding steroid dienone is 1. The average Bonchev–Trinajstić information content (AvgIpc) is 2.99. The van der Waals surface area contributed by atoms with Crippen LogP contribution >= 0.6 is 0 Å². The Morgan fingerprint density at radius 1 is 0.826 bits per heavy atom. The predicted molar refractivity (Wildman–Crippen MR) is 86.6 cm³/mol. The van der Waals surface area contributed by atoms with Gasteiger partial charge in [0.15, 0.2) is 11.6 Å². The second-order valence-corrected chi connectivity index (χ2v) is 6.01. The molecule has 1 spiro atoms. The molecular weight excluding hydrogens is 288 g/mol. The van der Waals surface area contributed by atoms with E-state index in [4.69, 9.17) is 9.47 Å². The molecule has 0 radical (unpaired) electrons. The van der Waals surface area contributed by atoms with Gasteiger partial charge in [-0.3, -0.25) is 4.79 Å². The highest BCUT2D eigenvalue weighted by Crippen LogP contribution is 2.50. The molecule has 2 aromatic carbocycles.